The summed E-state index contributed by atoms with van der Waals surface area (Å²) in [4.78, 5) is 14.1. The summed E-state index contributed by atoms with van der Waals surface area (Å²) >= 11 is 5.31. The van der Waals surface area contributed by atoms with Gasteiger partial charge in [-0.15, -0.1) is 0 Å². The van der Waals surface area contributed by atoms with Gasteiger partial charge in [-0.3, -0.25) is 4.79 Å². The zero-order valence-electron chi connectivity index (χ0n) is 19.0. The summed E-state index contributed by atoms with van der Waals surface area (Å²) in [6, 6.07) is 15.3. The van der Waals surface area contributed by atoms with Crippen LogP contribution in [0.5, 0.6) is 11.5 Å². The molecule has 1 atom stereocenters. The van der Waals surface area contributed by atoms with Crippen molar-refractivity contribution in [2.24, 2.45) is 11.7 Å². The van der Waals surface area contributed by atoms with Gasteiger partial charge in [-0.05, 0) is 48.3 Å². The first-order chi connectivity index (χ1) is 15.4. The number of carbonyl (C=O) groups is 1. The van der Waals surface area contributed by atoms with Crippen LogP contribution in [0.3, 0.4) is 0 Å². The maximum absolute atomic E-state index is 12.2. The molecule has 174 valence electrons. The predicted octanol–water partition coefficient (Wildman–Crippen LogP) is 4.43. The van der Waals surface area contributed by atoms with Crippen LogP contribution in [0.4, 0.5) is 0 Å². The zero-order chi connectivity index (χ0) is 23.3. The lowest BCUT2D eigenvalue weighted by Gasteiger charge is -2.28. The van der Waals surface area contributed by atoms with Crippen LogP contribution in [0.1, 0.15) is 43.7 Å². The van der Waals surface area contributed by atoms with E-state index >= 15 is 0 Å². The average Bonchev–Trinajstić information content (AvgIpc) is 2.78. The molecule has 0 fully saturated rings. The fourth-order valence-corrected chi connectivity index (χ4v) is 3.65. The molecule has 2 aromatic carbocycles. The molecule has 0 amide bonds. The maximum atomic E-state index is 12.2. The van der Waals surface area contributed by atoms with E-state index in [4.69, 9.17) is 27.4 Å². The number of hydrogen-bond donors (Lipinski definition) is 2. The second-order valence-corrected chi connectivity index (χ2v) is 8.34. The van der Waals surface area contributed by atoms with Crippen LogP contribution in [0.25, 0.3) is 0 Å². The molecule has 0 radical (unpaired) electrons. The number of nitrogens with two attached hydrogens (primary N) is 1. The van der Waals surface area contributed by atoms with Gasteiger partial charge in [-0.25, -0.2) is 0 Å². The van der Waals surface area contributed by atoms with Gasteiger partial charge in [0.15, 0.2) is 16.6 Å². The first kappa shape index (κ1) is 25.5. The van der Waals surface area contributed by atoms with Gasteiger partial charge in [0.2, 0.25) is 0 Å². The van der Waals surface area contributed by atoms with Gasteiger partial charge < -0.3 is 25.2 Å². The van der Waals surface area contributed by atoms with Crippen LogP contribution >= 0.6 is 12.2 Å². The van der Waals surface area contributed by atoms with E-state index in [1.54, 1.807) is 12.1 Å². The minimum Gasteiger partial charge on any atom is -0.504 e. The van der Waals surface area contributed by atoms with Gasteiger partial charge in [0.25, 0.3) is 0 Å². The van der Waals surface area contributed by atoms with E-state index in [9.17, 15) is 9.90 Å². The highest BCUT2D eigenvalue weighted by molar-refractivity contribution is 7.80. The molecule has 3 N–H and O–H groups in total. The van der Waals surface area contributed by atoms with Crippen molar-refractivity contribution >= 4 is 23.3 Å². The lowest BCUT2D eigenvalue weighted by Crippen LogP contribution is -2.40. The van der Waals surface area contributed by atoms with Crippen molar-refractivity contribution in [1.29, 1.82) is 0 Å². The molecule has 0 aliphatic rings. The third-order valence-electron chi connectivity index (χ3n) is 5.24. The van der Waals surface area contributed by atoms with E-state index in [1.807, 2.05) is 29.2 Å². The Bertz CT molecular complexity index is 860. The Morgan fingerprint density at radius 3 is 2.56 bits per heavy atom. The van der Waals surface area contributed by atoms with Gasteiger partial charge in [0.05, 0.1) is 13.7 Å². The van der Waals surface area contributed by atoms with E-state index in [1.165, 1.54) is 7.11 Å². The minimum atomic E-state index is -0.165. The molecular weight excluding hydrogens is 424 g/mol. The number of benzene rings is 2. The predicted molar refractivity (Wildman–Crippen MR) is 131 cm³/mol. The van der Waals surface area contributed by atoms with Crippen LogP contribution in [-0.4, -0.2) is 41.3 Å². The molecule has 32 heavy (non-hydrogen) atoms. The maximum Gasteiger partial charge on any atom is 0.305 e. The van der Waals surface area contributed by atoms with Crippen LogP contribution < -0.4 is 10.5 Å². The first-order valence-corrected chi connectivity index (χ1v) is 11.4. The summed E-state index contributed by atoms with van der Waals surface area (Å²) in [6.07, 6.45) is 4.11. The molecule has 0 spiro atoms. The van der Waals surface area contributed by atoms with Gasteiger partial charge in [0, 0.05) is 25.4 Å². The summed E-state index contributed by atoms with van der Waals surface area (Å²) in [7, 11) is 1.51. The summed E-state index contributed by atoms with van der Waals surface area (Å²) in [5.74, 6) is 0.331. The van der Waals surface area contributed by atoms with Crippen molar-refractivity contribution in [3.63, 3.8) is 0 Å². The normalized spacial score (nSPS) is 11.6. The number of carbonyl (C=O) groups excluding carboxylic acids is 1. The second-order valence-electron chi connectivity index (χ2n) is 7.92. The summed E-state index contributed by atoms with van der Waals surface area (Å²) in [6.45, 7) is 3.41. The number of unbranched alkanes of at least 4 members (excludes halogenated alkanes) is 2. The van der Waals surface area contributed by atoms with Crippen molar-refractivity contribution < 1.29 is 19.4 Å². The van der Waals surface area contributed by atoms with Crippen LogP contribution in [0.2, 0.25) is 0 Å². The molecule has 6 nitrogen and oxygen atoms in total. The lowest BCUT2D eigenvalue weighted by molar-refractivity contribution is -0.145. The number of methoxy groups -OCH3 is 1. The Kier molecular flexibility index (Phi) is 10.8. The van der Waals surface area contributed by atoms with Crippen molar-refractivity contribution in [1.82, 2.24) is 4.90 Å². The first-order valence-electron chi connectivity index (χ1n) is 11.0. The largest absolute Gasteiger partial charge is 0.504 e. The fourth-order valence-electron chi connectivity index (χ4n) is 3.51. The SMILES string of the molecule is CCCCCC(=O)OCC(Cc1ccccc1)CN(Cc1ccc(O)c(OC)c1)C(N)=S. The Balaban J connectivity index is 2.09. The summed E-state index contributed by atoms with van der Waals surface area (Å²) in [5, 5.41) is 10.1. The minimum absolute atomic E-state index is 0.0213. The molecule has 0 saturated heterocycles. The van der Waals surface area contributed by atoms with Gasteiger partial charge in [-0.1, -0.05) is 56.2 Å². The molecule has 0 aliphatic carbocycles. The number of ether oxygens (including phenoxy) is 2. The highest BCUT2D eigenvalue weighted by Crippen LogP contribution is 2.27. The summed E-state index contributed by atoms with van der Waals surface area (Å²) < 4.78 is 10.8. The number of rotatable bonds is 13. The highest BCUT2D eigenvalue weighted by Gasteiger charge is 2.19. The number of esters is 1. The van der Waals surface area contributed by atoms with E-state index in [0.717, 1.165) is 36.8 Å². The Morgan fingerprint density at radius 2 is 1.91 bits per heavy atom. The smallest absolute Gasteiger partial charge is 0.305 e. The third-order valence-corrected chi connectivity index (χ3v) is 5.50. The second kappa shape index (κ2) is 13.6. The molecule has 1 unspecified atom stereocenters. The molecule has 0 aromatic heterocycles. The fraction of sp³-hybridized carbons (Fsp3) is 0.440. The molecule has 2 rings (SSSR count). The average molecular weight is 459 g/mol. The number of nitrogens with zero attached hydrogens (tertiary/aromatic N) is 1. The molecule has 0 aliphatic heterocycles. The number of hydrogen-bond acceptors (Lipinski definition) is 5. The van der Waals surface area contributed by atoms with Crippen molar-refractivity contribution in [3.05, 3.63) is 59.7 Å². The van der Waals surface area contributed by atoms with Crippen molar-refractivity contribution in [2.45, 2.75) is 45.6 Å². The van der Waals surface area contributed by atoms with E-state index in [0.29, 0.717) is 31.9 Å². The quantitative estimate of drug-likeness (QED) is 0.261. The number of phenolic OH excluding ortho intramolecular Hbond substituents is 1. The Morgan fingerprint density at radius 1 is 1.16 bits per heavy atom. The number of thiocarbonyl (C=S) groups is 1. The number of phenols is 1. The van der Waals surface area contributed by atoms with Gasteiger partial charge in [-0.2, -0.15) is 0 Å². The summed E-state index contributed by atoms with van der Waals surface area (Å²) in [5.41, 5.74) is 8.10. The van der Waals surface area contributed by atoms with Crippen molar-refractivity contribution in [3.8, 4) is 11.5 Å². The van der Waals surface area contributed by atoms with E-state index in [2.05, 4.69) is 19.1 Å². The molecule has 0 saturated carbocycles. The van der Waals surface area contributed by atoms with Crippen molar-refractivity contribution in [2.75, 3.05) is 20.3 Å². The van der Waals surface area contributed by atoms with Gasteiger partial charge >= 0.3 is 5.97 Å². The Labute approximate surface area is 196 Å². The van der Waals surface area contributed by atoms with E-state index in [-0.39, 0.29) is 22.7 Å². The molecule has 2 aromatic rings. The lowest BCUT2D eigenvalue weighted by atomic mass is 9.99. The number of aromatic hydroxyl groups is 1. The van der Waals surface area contributed by atoms with Crippen LogP contribution in [0.15, 0.2) is 48.5 Å². The van der Waals surface area contributed by atoms with Gasteiger partial charge in [0.1, 0.15) is 0 Å². The highest BCUT2D eigenvalue weighted by atomic mass is 32.1. The Hall–Kier alpha value is -2.80. The molecule has 0 heterocycles. The molecular formula is C25H34N2O4S. The topological polar surface area (TPSA) is 85.0 Å². The van der Waals surface area contributed by atoms with Crippen LogP contribution in [-0.2, 0) is 22.5 Å². The monoisotopic (exact) mass is 458 g/mol. The molecule has 0 bridgehead atoms. The zero-order valence-corrected chi connectivity index (χ0v) is 19.8. The third kappa shape index (κ3) is 8.75. The van der Waals surface area contributed by atoms with E-state index < -0.39 is 0 Å². The van der Waals surface area contributed by atoms with Crippen LogP contribution in [0, 0.1) is 5.92 Å². The molecule has 7 heteroatoms. The standard InChI is InChI=1S/C25H34N2O4S/c1-3-4-6-11-24(29)31-18-21(14-19-9-7-5-8-10-19)17-27(25(26)32)16-20-12-13-22(28)23(15-20)30-2/h5,7-10,12-13,15,21,28H,3-4,6,11,14,16-18H2,1-2H3,(H2,26,32).